The summed E-state index contributed by atoms with van der Waals surface area (Å²) in [5.41, 5.74) is 4.69. The fraction of sp³-hybridized carbons (Fsp3) is 0.273. The minimum atomic E-state index is 0.102. The van der Waals surface area contributed by atoms with Gasteiger partial charge in [0.1, 0.15) is 0 Å². The number of amides is 1. The molecule has 4 heteroatoms. The van der Waals surface area contributed by atoms with E-state index < -0.39 is 0 Å². The van der Waals surface area contributed by atoms with Crippen molar-refractivity contribution in [2.45, 2.75) is 6.92 Å². The average Bonchev–Trinajstić information content (AvgIpc) is 2.67. The highest BCUT2D eigenvalue weighted by molar-refractivity contribution is 6.07. The molecule has 1 saturated heterocycles. The van der Waals surface area contributed by atoms with Gasteiger partial charge in [-0.3, -0.25) is 4.79 Å². The first kappa shape index (κ1) is 16.7. The summed E-state index contributed by atoms with van der Waals surface area (Å²) < 4.78 is 0. The van der Waals surface area contributed by atoms with Crippen LogP contribution >= 0.6 is 0 Å². The summed E-state index contributed by atoms with van der Waals surface area (Å²) in [7, 11) is 2.10. The molecule has 4 rings (SSSR count). The van der Waals surface area contributed by atoms with Crippen molar-refractivity contribution >= 4 is 16.8 Å². The zero-order chi connectivity index (χ0) is 18.1. The third-order valence-electron chi connectivity index (χ3n) is 5.05. The van der Waals surface area contributed by atoms with Gasteiger partial charge in [-0.05, 0) is 32.2 Å². The number of likely N-dealkylation sites (N-methyl/N-ethyl adjacent to an activating group) is 1. The second kappa shape index (κ2) is 6.89. The molecule has 1 amide bonds. The van der Waals surface area contributed by atoms with Crippen LogP contribution in [0.4, 0.5) is 0 Å². The third kappa shape index (κ3) is 3.20. The van der Waals surface area contributed by atoms with Crippen molar-refractivity contribution < 1.29 is 4.79 Å². The number of aryl methyl sites for hydroxylation is 1. The van der Waals surface area contributed by atoms with E-state index in [0.29, 0.717) is 0 Å². The Morgan fingerprint density at radius 3 is 2.50 bits per heavy atom. The zero-order valence-electron chi connectivity index (χ0n) is 15.3. The van der Waals surface area contributed by atoms with Gasteiger partial charge in [0.15, 0.2) is 0 Å². The van der Waals surface area contributed by atoms with E-state index in [1.165, 1.54) is 5.56 Å². The number of piperazine rings is 1. The first-order valence-corrected chi connectivity index (χ1v) is 9.06. The molecule has 0 radical (unpaired) electrons. The number of fused-ring (bicyclic) bond motifs is 1. The van der Waals surface area contributed by atoms with E-state index in [4.69, 9.17) is 4.98 Å². The normalized spacial score (nSPS) is 15.4. The van der Waals surface area contributed by atoms with E-state index in [-0.39, 0.29) is 5.91 Å². The monoisotopic (exact) mass is 345 g/mol. The summed E-state index contributed by atoms with van der Waals surface area (Å²) in [5.74, 6) is 0.102. The molecule has 1 fully saturated rings. The van der Waals surface area contributed by atoms with Gasteiger partial charge in [-0.15, -0.1) is 0 Å². The molecule has 0 aliphatic carbocycles. The zero-order valence-corrected chi connectivity index (χ0v) is 15.3. The minimum Gasteiger partial charge on any atom is -0.336 e. The Labute approximate surface area is 154 Å². The predicted octanol–water partition coefficient (Wildman–Crippen LogP) is 3.60. The third-order valence-corrected chi connectivity index (χ3v) is 5.05. The summed E-state index contributed by atoms with van der Waals surface area (Å²) in [4.78, 5) is 22.3. The molecule has 2 aromatic carbocycles. The average molecular weight is 345 g/mol. The van der Waals surface area contributed by atoms with E-state index in [1.54, 1.807) is 0 Å². The number of para-hydroxylation sites is 1. The van der Waals surface area contributed by atoms with Crippen LogP contribution in [-0.4, -0.2) is 53.9 Å². The molecule has 1 aliphatic heterocycles. The Morgan fingerprint density at radius 1 is 0.962 bits per heavy atom. The first-order chi connectivity index (χ1) is 12.6. The molecule has 3 aromatic rings. The van der Waals surface area contributed by atoms with Crippen molar-refractivity contribution in [1.29, 1.82) is 0 Å². The number of pyridine rings is 1. The van der Waals surface area contributed by atoms with Crippen LogP contribution in [0, 0.1) is 6.92 Å². The van der Waals surface area contributed by atoms with Gasteiger partial charge in [-0.2, -0.15) is 0 Å². The Kier molecular flexibility index (Phi) is 4.43. The lowest BCUT2D eigenvalue weighted by molar-refractivity contribution is 0.0666. The van der Waals surface area contributed by atoms with Crippen molar-refractivity contribution in [3.63, 3.8) is 0 Å². The Balaban J connectivity index is 1.81. The van der Waals surface area contributed by atoms with Gasteiger partial charge >= 0.3 is 0 Å². The molecule has 0 saturated carbocycles. The lowest BCUT2D eigenvalue weighted by Gasteiger charge is -2.32. The van der Waals surface area contributed by atoms with E-state index in [1.807, 2.05) is 47.4 Å². The SMILES string of the molecule is Cc1cccc(-c2cc(C(=O)N3CCN(C)CC3)c3ccccc3n2)c1. The molecule has 1 aromatic heterocycles. The number of hydrogen-bond acceptors (Lipinski definition) is 3. The maximum atomic E-state index is 13.3. The number of hydrogen-bond donors (Lipinski definition) is 0. The minimum absolute atomic E-state index is 0.102. The van der Waals surface area contributed by atoms with Crippen molar-refractivity contribution in [1.82, 2.24) is 14.8 Å². The first-order valence-electron chi connectivity index (χ1n) is 9.06. The van der Waals surface area contributed by atoms with E-state index in [2.05, 4.69) is 31.0 Å². The largest absolute Gasteiger partial charge is 0.336 e. The Morgan fingerprint density at radius 2 is 1.73 bits per heavy atom. The van der Waals surface area contributed by atoms with Gasteiger partial charge in [0.05, 0.1) is 16.8 Å². The fourth-order valence-corrected chi connectivity index (χ4v) is 3.48. The summed E-state index contributed by atoms with van der Waals surface area (Å²) in [6, 6.07) is 18.1. The molecule has 0 spiro atoms. The maximum Gasteiger partial charge on any atom is 0.254 e. The number of benzene rings is 2. The van der Waals surface area contributed by atoms with Crippen molar-refractivity contribution in [3.05, 3.63) is 65.7 Å². The van der Waals surface area contributed by atoms with E-state index in [9.17, 15) is 4.79 Å². The van der Waals surface area contributed by atoms with Crippen LogP contribution < -0.4 is 0 Å². The molecular formula is C22H23N3O. The quantitative estimate of drug-likeness (QED) is 0.712. The van der Waals surface area contributed by atoms with Gasteiger partial charge in [-0.1, -0.05) is 42.0 Å². The molecule has 0 N–H and O–H groups in total. The van der Waals surface area contributed by atoms with Gasteiger partial charge in [-0.25, -0.2) is 4.98 Å². The van der Waals surface area contributed by atoms with Crippen LogP contribution in [0.5, 0.6) is 0 Å². The maximum absolute atomic E-state index is 13.3. The fourth-order valence-electron chi connectivity index (χ4n) is 3.48. The number of rotatable bonds is 2. The van der Waals surface area contributed by atoms with E-state index >= 15 is 0 Å². The highest BCUT2D eigenvalue weighted by atomic mass is 16.2. The molecule has 0 unspecified atom stereocenters. The van der Waals surface area contributed by atoms with Crippen LogP contribution in [-0.2, 0) is 0 Å². The van der Waals surface area contributed by atoms with Gasteiger partial charge in [0, 0.05) is 37.1 Å². The lowest BCUT2D eigenvalue weighted by Crippen LogP contribution is -2.47. The molecule has 26 heavy (non-hydrogen) atoms. The van der Waals surface area contributed by atoms with Crippen LogP contribution in [0.2, 0.25) is 0 Å². The smallest absolute Gasteiger partial charge is 0.254 e. The molecule has 0 bridgehead atoms. The highest BCUT2D eigenvalue weighted by Gasteiger charge is 2.23. The summed E-state index contributed by atoms with van der Waals surface area (Å²) in [6.45, 7) is 5.44. The van der Waals surface area contributed by atoms with Gasteiger partial charge < -0.3 is 9.80 Å². The molecule has 4 nitrogen and oxygen atoms in total. The standard InChI is InChI=1S/C22H23N3O/c1-16-6-5-7-17(14-16)21-15-19(18-8-3-4-9-20(18)23-21)22(26)25-12-10-24(2)11-13-25/h3-9,14-15H,10-13H2,1-2H3. The highest BCUT2D eigenvalue weighted by Crippen LogP contribution is 2.26. The van der Waals surface area contributed by atoms with Crippen molar-refractivity contribution in [2.24, 2.45) is 0 Å². The van der Waals surface area contributed by atoms with Gasteiger partial charge in [0.2, 0.25) is 0 Å². The topological polar surface area (TPSA) is 36.4 Å². The Hall–Kier alpha value is -2.72. The van der Waals surface area contributed by atoms with Crippen molar-refractivity contribution in [3.8, 4) is 11.3 Å². The molecule has 2 heterocycles. The van der Waals surface area contributed by atoms with Crippen LogP contribution in [0.1, 0.15) is 15.9 Å². The summed E-state index contributed by atoms with van der Waals surface area (Å²) >= 11 is 0. The number of carbonyl (C=O) groups excluding carboxylic acids is 1. The Bertz CT molecular complexity index is 959. The van der Waals surface area contributed by atoms with E-state index in [0.717, 1.165) is 53.9 Å². The van der Waals surface area contributed by atoms with Crippen LogP contribution in [0.3, 0.4) is 0 Å². The second-order valence-electron chi connectivity index (χ2n) is 7.04. The molecule has 0 atom stereocenters. The van der Waals surface area contributed by atoms with Gasteiger partial charge in [0.25, 0.3) is 5.91 Å². The molecular weight excluding hydrogens is 322 g/mol. The molecule has 132 valence electrons. The number of aromatic nitrogens is 1. The van der Waals surface area contributed by atoms with Crippen LogP contribution in [0.15, 0.2) is 54.6 Å². The molecule has 1 aliphatic rings. The predicted molar refractivity (Wildman–Crippen MR) is 105 cm³/mol. The lowest BCUT2D eigenvalue weighted by atomic mass is 10.0. The van der Waals surface area contributed by atoms with Crippen LogP contribution in [0.25, 0.3) is 22.2 Å². The number of nitrogens with zero attached hydrogens (tertiary/aromatic N) is 3. The van der Waals surface area contributed by atoms with Crippen molar-refractivity contribution in [2.75, 3.05) is 33.2 Å². The summed E-state index contributed by atoms with van der Waals surface area (Å²) in [6.07, 6.45) is 0. The second-order valence-corrected chi connectivity index (χ2v) is 7.04. The number of carbonyl (C=O) groups is 1. The summed E-state index contributed by atoms with van der Waals surface area (Å²) in [5, 5.41) is 0.924.